The third-order valence-corrected chi connectivity index (χ3v) is 2.81. The maximum Gasteiger partial charge on any atom is 0.224 e. The van der Waals surface area contributed by atoms with Crippen molar-refractivity contribution in [3.63, 3.8) is 0 Å². The molecule has 0 heterocycles. The minimum Gasteiger partial charge on any atom is -0.508 e. The quantitative estimate of drug-likeness (QED) is 0.820. The van der Waals surface area contributed by atoms with Gasteiger partial charge in [0.05, 0.1) is 0 Å². The number of amides is 1. The highest BCUT2D eigenvalue weighted by atomic mass is 16.3. The summed E-state index contributed by atoms with van der Waals surface area (Å²) in [6.45, 7) is 5.90. The van der Waals surface area contributed by atoms with Crippen molar-refractivity contribution in [3.05, 3.63) is 23.8 Å². The number of rotatable bonds is 4. The summed E-state index contributed by atoms with van der Waals surface area (Å²) in [5.41, 5.74) is 1.40. The van der Waals surface area contributed by atoms with E-state index in [1.165, 1.54) is 0 Å². The number of phenols is 1. The molecule has 1 amide bonds. The maximum absolute atomic E-state index is 11.7. The molecule has 3 heteroatoms. The number of hydrogen-bond donors (Lipinski definition) is 2. The third kappa shape index (κ3) is 3.26. The molecule has 2 N–H and O–H groups in total. The van der Waals surface area contributed by atoms with Crippen LogP contribution >= 0.6 is 0 Å². The van der Waals surface area contributed by atoms with E-state index in [0.29, 0.717) is 23.6 Å². The molecule has 3 nitrogen and oxygen atoms in total. The van der Waals surface area contributed by atoms with Gasteiger partial charge >= 0.3 is 0 Å². The Balaban J connectivity index is 2.66. The van der Waals surface area contributed by atoms with Crippen LogP contribution in [-0.4, -0.2) is 11.0 Å². The number of anilines is 1. The molecule has 1 rings (SSSR count). The molecule has 1 atom stereocenters. The number of phenolic OH excluding ortho intramolecular Hbond substituents is 1. The van der Waals surface area contributed by atoms with Crippen LogP contribution in [0.1, 0.15) is 32.3 Å². The van der Waals surface area contributed by atoms with E-state index in [2.05, 4.69) is 19.2 Å². The highest BCUT2D eigenvalue weighted by Gasteiger charge is 2.09. The second-order valence-corrected chi connectivity index (χ2v) is 4.22. The Kier molecular flexibility index (Phi) is 4.35. The number of hydrogen-bond acceptors (Lipinski definition) is 2. The van der Waals surface area contributed by atoms with Gasteiger partial charge in [0.25, 0.3) is 0 Å². The molecule has 0 aliphatic heterocycles. The Hall–Kier alpha value is -1.51. The van der Waals surface area contributed by atoms with Gasteiger partial charge in [-0.2, -0.15) is 0 Å². The normalized spacial score (nSPS) is 12.2. The second-order valence-electron chi connectivity index (χ2n) is 4.22. The summed E-state index contributed by atoms with van der Waals surface area (Å²) in [6.07, 6.45) is 1.51. The fourth-order valence-electron chi connectivity index (χ4n) is 1.42. The number of nitrogens with one attached hydrogen (secondary N) is 1. The Labute approximate surface area is 96.5 Å². The van der Waals surface area contributed by atoms with Crippen LogP contribution in [0.15, 0.2) is 18.2 Å². The molecule has 88 valence electrons. The van der Waals surface area contributed by atoms with Crippen molar-refractivity contribution in [2.75, 3.05) is 5.32 Å². The number of carbonyl (C=O) groups excluding carboxylic acids is 1. The zero-order valence-corrected chi connectivity index (χ0v) is 10.1. The second kappa shape index (κ2) is 5.54. The van der Waals surface area contributed by atoms with Crippen molar-refractivity contribution in [2.45, 2.75) is 33.6 Å². The number of benzene rings is 1. The monoisotopic (exact) mass is 221 g/mol. The van der Waals surface area contributed by atoms with E-state index in [9.17, 15) is 9.90 Å². The fraction of sp³-hybridized carbons (Fsp3) is 0.462. The van der Waals surface area contributed by atoms with Crippen molar-refractivity contribution in [1.29, 1.82) is 0 Å². The standard InChI is InChI=1S/C13H19NO2/c1-4-9(2)8-13(16)14-11-6-5-7-12(15)10(11)3/h5-7,9,15H,4,8H2,1-3H3,(H,14,16). The predicted octanol–water partition coefficient (Wildman–Crippen LogP) is 3.08. The van der Waals surface area contributed by atoms with E-state index in [4.69, 9.17) is 0 Å². The van der Waals surface area contributed by atoms with Crippen molar-refractivity contribution in [3.8, 4) is 5.75 Å². The molecule has 0 bridgehead atoms. The zero-order chi connectivity index (χ0) is 12.1. The summed E-state index contributed by atoms with van der Waals surface area (Å²) in [7, 11) is 0. The topological polar surface area (TPSA) is 49.3 Å². The van der Waals surface area contributed by atoms with Gasteiger partial charge in [-0.05, 0) is 25.0 Å². The lowest BCUT2D eigenvalue weighted by molar-refractivity contribution is -0.117. The average molecular weight is 221 g/mol. The van der Waals surface area contributed by atoms with Crippen molar-refractivity contribution < 1.29 is 9.90 Å². The molecule has 0 saturated carbocycles. The molecular weight excluding hydrogens is 202 g/mol. The minimum absolute atomic E-state index is 0.00282. The summed E-state index contributed by atoms with van der Waals surface area (Å²) in [6, 6.07) is 5.13. The highest BCUT2D eigenvalue weighted by Crippen LogP contribution is 2.24. The molecule has 1 aromatic carbocycles. The lowest BCUT2D eigenvalue weighted by atomic mass is 10.0. The summed E-state index contributed by atoms with van der Waals surface area (Å²) in [5, 5.41) is 12.3. The first-order valence-electron chi connectivity index (χ1n) is 5.63. The number of carbonyl (C=O) groups is 1. The smallest absolute Gasteiger partial charge is 0.224 e. The zero-order valence-electron chi connectivity index (χ0n) is 10.1. The van der Waals surface area contributed by atoms with E-state index in [0.717, 1.165) is 6.42 Å². The predicted molar refractivity (Wildman–Crippen MR) is 65.5 cm³/mol. The Morgan fingerprint density at radius 2 is 2.19 bits per heavy atom. The molecule has 0 fully saturated rings. The molecule has 0 aromatic heterocycles. The van der Waals surface area contributed by atoms with Crippen LogP contribution < -0.4 is 5.32 Å². The average Bonchev–Trinajstić information content (AvgIpc) is 2.24. The van der Waals surface area contributed by atoms with Crippen LogP contribution in [-0.2, 0) is 4.79 Å². The van der Waals surface area contributed by atoms with Crippen LogP contribution in [0, 0.1) is 12.8 Å². The molecule has 16 heavy (non-hydrogen) atoms. The van der Waals surface area contributed by atoms with Crippen LogP contribution in [0.5, 0.6) is 5.75 Å². The first kappa shape index (κ1) is 12.6. The lowest BCUT2D eigenvalue weighted by Gasteiger charge is -2.11. The lowest BCUT2D eigenvalue weighted by Crippen LogP contribution is -2.15. The number of aromatic hydroxyl groups is 1. The van der Waals surface area contributed by atoms with Gasteiger partial charge in [-0.25, -0.2) is 0 Å². The summed E-state index contributed by atoms with van der Waals surface area (Å²) < 4.78 is 0. The Morgan fingerprint density at radius 3 is 2.81 bits per heavy atom. The molecule has 0 spiro atoms. The van der Waals surface area contributed by atoms with Crippen molar-refractivity contribution in [2.24, 2.45) is 5.92 Å². The van der Waals surface area contributed by atoms with E-state index < -0.39 is 0 Å². The van der Waals surface area contributed by atoms with Gasteiger partial charge in [-0.15, -0.1) is 0 Å². The van der Waals surface area contributed by atoms with E-state index >= 15 is 0 Å². The van der Waals surface area contributed by atoms with E-state index in [-0.39, 0.29) is 11.7 Å². The van der Waals surface area contributed by atoms with Gasteiger partial charge in [0.2, 0.25) is 5.91 Å². The van der Waals surface area contributed by atoms with Crippen LogP contribution in [0.3, 0.4) is 0 Å². The summed E-state index contributed by atoms with van der Waals surface area (Å²) in [4.78, 5) is 11.7. The molecule has 1 aromatic rings. The first-order chi connectivity index (χ1) is 7.54. The molecule has 0 aliphatic rings. The maximum atomic E-state index is 11.7. The van der Waals surface area contributed by atoms with Gasteiger partial charge in [-0.3, -0.25) is 4.79 Å². The summed E-state index contributed by atoms with van der Waals surface area (Å²) in [5.74, 6) is 0.599. The van der Waals surface area contributed by atoms with E-state index in [1.807, 2.05) is 0 Å². The van der Waals surface area contributed by atoms with Crippen molar-refractivity contribution >= 4 is 11.6 Å². The van der Waals surface area contributed by atoms with Crippen LogP contribution in [0.2, 0.25) is 0 Å². The summed E-state index contributed by atoms with van der Waals surface area (Å²) >= 11 is 0. The van der Waals surface area contributed by atoms with Gasteiger partial charge in [-0.1, -0.05) is 26.3 Å². The largest absolute Gasteiger partial charge is 0.508 e. The Bertz CT molecular complexity index is 374. The first-order valence-corrected chi connectivity index (χ1v) is 5.63. The van der Waals surface area contributed by atoms with E-state index in [1.54, 1.807) is 25.1 Å². The fourth-order valence-corrected chi connectivity index (χ4v) is 1.42. The molecule has 0 radical (unpaired) electrons. The van der Waals surface area contributed by atoms with Gasteiger partial charge in [0, 0.05) is 17.7 Å². The highest BCUT2D eigenvalue weighted by molar-refractivity contribution is 5.91. The third-order valence-electron chi connectivity index (χ3n) is 2.81. The minimum atomic E-state index is 0.00282. The van der Waals surface area contributed by atoms with Crippen LogP contribution in [0.4, 0.5) is 5.69 Å². The van der Waals surface area contributed by atoms with Gasteiger partial charge < -0.3 is 10.4 Å². The molecular formula is C13H19NO2. The molecule has 0 saturated heterocycles. The van der Waals surface area contributed by atoms with Crippen molar-refractivity contribution in [1.82, 2.24) is 0 Å². The Morgan fingerprint density at radius 1 is 1.50 bits per heavy atom. The molecule has 0 aliphatic carbocycles. The van der Waals surface area contributed by atoms with Crippen LogP contribution in [0.25, 0.3) is 0 Å². The SMILES string of the molecule is CCC(C)CC(=O)Nc1cccc(O)c1C. The van der Waals surface area contributed by atoms with Gasteiger partial charge in [0.1, 0.15) is 5.75 Å². The van der Waals surface area contributed by atoms with Gasteiger partial charge in [0.15, 0.2) is 0 Å². The molecule has 1 unspecified atom stereocenters.